The highest BCUT2D eigenvalue weighted by Gasteiger charge is 2.37. The SMILES string of the molecule is CC1CC1n1c(CCl)nc2cnc3ccccc3c21. The molecular weight excluding hydrogens is 258 g/mol. The molecule has 2 heterocycles. The van der Waals surface area contributed by atoms with E-state index in [4.69, 9.17) is 11.6 Å². The second-order valence-electron chi connectivity index (χ2n) is 5.32. The second kappa shape index (κ2) is 3.94. The van der Waals surface area contributed by atoms with E-state index in [1.165, 1.54) is 17.3 Å². The lowest BCUT2D eigenvalue weighted by Gasteiger charge is -2.08. The van der Waals surface area contributed by atoms with Crippen LogP contribution >= 0.6 is 11.6 Å². The average molecular weight is 272 g/mol. The van der Waals surface area contributed by atoms with Gasteiger partial charge in [-0.25, -0.2) is 4.98 Å². The first-order valence-corrected chi connectivity index (χ1v) is 7.13. The smallest absolute Gasteiger partial charge is 0.125 e. The van der Waals surface area contributed by atoms with Crippen LogP contribution in [0.1, 0.15) is 25.2 Å². The average Bonchev–Trinajstić information content (AvgIpc) is 3.03. The Balaban J connectivity index is 2.13. The van der Waals surface area contributed by atoms with Gasteiger partial charge in [-0.05, 0) is 18.4 Å². The maximum atomic E-state index is 6.07. The van der Waals surface area contributed by atoms with Crippen LogP contribution in [0, 0.1) is 5.92 Å². The molecule has 0 bridgehead atoms. The van der Waals surface area contributed by atoms with Gasteiger partial charge >= 0.3 is 0 Å². The Morgan fingerprint density at radius 1 is 1.32 bits per heavy atom. The van der Waals surface area contributed by atoms with Crippen LogP contribution in [0.25, 0.3) is 21.9 Å². The number of hydrogen-bond donors (Lipinski definition) is 0. The molecule has 0 radical (unpaired) electrons. The van der Waals surface area contributed by atoms with E-state index in [9.17, 15) is 0 Å². The van der Waals surface area contributed by atoms with Crippen molar-refractivity contribution in [1.29, 1.82) is 0 Å². The summed E-state index contributed by atoms with van der Waals surface area (Å²) >= 11 is 6.07. The lowest BCUT2D eigenvalue weighted by atomic mass is 10.2. The Kier molecular flexibility index (Phi) is 2.33. The van der Waals surface area contributed by atoms with E-state index in [1.807, 2.05) is 18.3 Å². The number of para-hydroxylation sites is 1. The zero-order chi connectivity index (χ0) is 13.0. The van der Waals surface area contributed by atoms with E-state index in [-0.39, 0.29) is 0 Å². The molecule has 1 saturated carbocycles. The lowest BCUT2D eigenvalue weighted by molar-refractivity contribution is 0.679. The zero-order valence-corrected chi connectivity index (χ0v) is 11.4. The molecule has 0 N–H and O–H groups in total. The number of halogens is 1. The third-order valence-electron chi connectivity index (χ3n) is 4.01. The molecule has 1 aliphatic rings. The predicted octanol–water partition coefficient (Wildman–Crippen LogP) is 3.90. The fraction of sp³-hybridized carbons (Fsp3) is 0.333. The van der Waals surface area contributed by atoms with Gasteiger partial charge in [0.15, 0.2) is 0 Å². The first-order chi connectivity index (χ1) is 9.29. The maximum absolute atomic E-state index is 6.07. The van der Waals surface area contributed by atoms with Crippen molar-refractivity contribution in [2.75, 3.05) is 0 Å². The van der Waals surface area contributed by atoms with Crippen LogP contribution in [-0.2, 0) is 5.88 Å². The van der Waals surface area contributed by atoms with Crippen LogP contribution in [0.4, 0.5) is 0 Å². The number of alkyl halides is 1. The fourth-order valence-electron chi connectivity index (χ4n) is 2.89. The molecule has 2 atom stereocenters. The van der Waals surface area contributed by atoms with E-state index in [2.05, 4.69) is 33.6 Å². The van der Waals surface area contributed by atoms with Crippen LogP contribution in [-0.4, -0.2) is 14.5 Å². The summed E-state index contributed by atoms with van der Waals surface area (Å²) in [5.74, 6) is 2.13. The predicted molar refractivity (Wildman–Crippen MR) is 77.4 cm³/mol. The van der Waals surface area contributed by atoms with E-state index in [1.54, 1.807) is 0 Å². The van der Waals surface area contributed by atoms with Gasteiger partial charge in [0, 0.05) is 11.4 Å². The highest BCUT2D eigenvalue weighted by atomic mass is 35.5. The lowest BCUT2D eigenvalue weighted by Crippen LogP contribution is -2.01. The molecule has 4 heteroatoms. The highest BCUT2D eigenvalue weighted by molar-refractivity contribution is 6.17. The van der Waals surface area contributed by atoms with Gasteiger partial charge in [-0.2, -0.15) is 0 Å². The Morgan fingerprint density at radius 2 is 2.11 bits per heavy atom. The Labute approximate surface area is 116 Å². The highest BCUT2D eigenvalue weighted by Crippen LogP contribution is 2.46. The summed E-state index contributed by atoms with van der Waals surface area (Å²) in [6.07, 6.45) is 3.07. The molecule has 19 heavy (non-hydrogen) atoms. The molecule has 0 spiro atoms. The van der Waals surface area contributed by atoms with Gasteiger partial charge in [0.2, 0.25) is 0 Å². The largest absolute Gasteiger partial charge is 0.323 e. The molecule has 0 aliphatic heterocycles. The summed E-state index contributed by atoms with van der Waals surface area (Å²) in [5, 5.41) is 1.17. The molecule has 0 saturated heterocycles. The minimum absolute atomic E-state index is 0.451. The van der Waals surface area contributed by atoms with E-state index in [0.717, 1.165) is 16.9 Å². The van der Waals surface area contributed by atoms with Gasteiger partial charge < -0.3 is 4.57 Å². The summed E-state index contributed by atoms with van der Waals surface area (Å²) in [6, 6.07) is 8.78. The van der Waals surface area contributed by atoms with Crippen LogP contribution in [0.15, 0.2) is 30.5 Å². The molecule has 0 amide bonds. The first kappa shape index (κ1) is 11.2. The van der Waals surface area contributed by atoms with E-state index in [0.29, 0.717) is 17.8 Å². The minimum Gasteiger partial charge on any atom is -0.323 e. The van der Waals surface area contributed by atoms with E-state index < -0.39 is 0 Å². The van der Waals surface area contributed by atoms with Crippen LogP contribution < -0.4 is 0 Å². The summed E-state index contributed by atoms with van der Waals surface area (Å²) < 4.78 is 2.33. The fourth-order valence-corrected chi connectivity index (χ4v) is 3.08. The molecule has 2 unspecified atom stereocenters. The molecule has 3 aromatic rings. The number of benzene rings is 1. The van der Waals surface area contributed by atoms with Gasteiger partial charge in [0.05, 0.1) is 23.1 Å². The molecule has 2 aromatic heterocycles. The molecule has 1 fully saturated rings. The Morgan fingerprint density at radius 3 is 2.84 bits per heavy atom. The second-order valence-corrected chi connectivity index (χ2v) is 5.59. The van der Waals surface area contributed by atoms with Crippen molar-refractivity contribution >= 4 is 33.5 Å². The zero-order valence-electron chi connectivity index (χ0n) is 10.7. The summed E-state index contributed by atoms with van der Waals surface area (Å²) in [6.45, 7) is 2.28. The topological polar surface area (TPSA) is 30.7 Å². The number of hydrogen-bond acceptors (Lipinski definition) is 2. The number of fused-ring (bicyclic) bond motifs is 3. The van der Waals surface area contributed by atoms with Gasteiger partial charge in [0.1, 0.15) is 11.3 Å². The van der Waals surface area contributed by atoms with Gasteiger partial charge in [-0.1, -0.05) is 25.1 Å². The first-order valence-electron chi connectivity index (χ1n) is 6.60. The summed E-state index contributed by atoms with van der Waals surface area (Å²) in [4.78, 5) is 9.12. The van der Waals surface area contributed by atoms with Crippen LogP contribution in [0.3, 0.4) is 0 Å². The minimum atomic E-state index is 0.451. The molecule has 1 aliphatic carbocycles. The molecule has 1 aromatic carbocycles. The van der Waals surface area contributed by atoms with Crippen molar-refractivity contribution in [3.05, 3.63) is 36.3 Å². The molecular formula is C15H14ClN3. The number of imidazole rings is 1. The monoisotopic (exact) mass is 271 g/mol. The van der Waals surface area contributed by atoms with Crippen molar-refractivity contribution in [3.63, 3.8) is 0 Å². The van der Waals surface area contributed by atoms with Crippen molar-refractivity contribution in [1.82, 2.24) is 14.5 Å². The quantitative estimate of drug-likeness (QED) is 0.662. The van der Waals surface area contributed by atoms with Gasteiger partial charge in [-0.3, -0.25) is 4.98 Å². The van der Waals surface area contributed by atoms with Crippen LogP contribution in [0.5, 0.6) is 0 Å². The number of aromatic nitrogens is 3. The number of rotatable bonds is 2. The standard InChI is InChI=1S/C15H14ClN3/c1-9-6-13(9)19-14(7-16)18-12-8-17-11-5-3-2-4-10(11)15(12)19/h2-5,8-9,13H,6-7H2,1H3. The van der Waals surface area contributed by atoms with Gasteiger partial charge in [-0.15, -0.1) is 11.6 Å². The van der Waals surface area contributed by atoms with Crippen molar-refractivity contribution in [2.45, 2.75) is 25.3 Å². The van der Waals surface area contributed by atoms with Crippen molar-refractivity contribution in [3.8, 4) is 0 Å². The summed E-state index contributed by atoms with van der Waals surface area (Å²) in [5.41, 5.74) is 3.16. The maximum Gasteiger partial charge on any atom is 0.125 e. The Bertz CT molecular complexity index is 778. The summed E-state index contributed by atoms with van der Waals surface area (Å²) in [7, 11) is 0. The molecule has 4 rings (SSSR count). The van der Waals surface area contributed by atoms with Gasteiger partial charge in [0.25, 0.3) is 0 Å². The number of nitrogens with zero attached hydrogens (tertiary/aromatic N) is 3. The molecule has 96 valence electrons. The third-order valence-corrected chi connectivity index (χ3v) is 4.25. The third kappa shape index (κ3) is 1.58. The molecule has 3 nitrogen and oxygen atoms in total. The van der Waals surface area contributed by atoms with Crippen LogP contribution in [0.2, 0.25) is 0 Å². The van der Waals surface area contributed by atoms with E-state index >= 15 is 0 Å². The van der Waals surface area contributed by atoms with Crippen molar-refractivity contribution < 1.29 is 0 Å². The normalized spacial score (nSPS) is 22.2. The Hall–Kier alpha value is -1.61. The number of pyridine rings is 1. The van der Waals surface area contributed by atoms with Crippen molar-refractivity contribution in [2.24, 2.45) is 5.92 Å².